The number of ether oxygens (including phenoxy) is 3. The molecule has 2 N–H and O–H groups in total. The summed E-state index contributed by atoms with van der Waals surface area (Å²) in [6, 6.07) is 6.54. The second-order valence-electron chi connectivity index (χ2n) is 5.12. The molecule has 0 bridgehead atoms. The Labute approximate surface area is 131 Å². The number of nitrogens with zero attached hydrogens (tertiary/aromatic N) is 2. The Morgan fingerprint density at radius 3 is 2.83 bits per heavy atom. The van der Waals surface area contributed by atoms with Crippen LogP contribution in [0.4, 0.5) is 5.82 Å². The van der Waals surface area contributed by atoms with Gasteiger partial charge in [-0.15, -0.1) is 0 Å². The first-order valence-electron chi connectivity index (χ1n) is 7.15. The smallest absolute Gasteiger partial charge is 0.332 e. The fraction of sp³-hybridized carbons (Fsp3) is 0.333. The van der Waals surface area contributed by atoms with Crippen LogP contribution in [0.2, 0.25) is 0 Å². The zero-order chi connectivity index (χ0) is 16.4. The number of aromatic nitrogens is 2. The van der Waals surface area contributed by atoms with E-state index in [9.17, 15) is 9.59 Å². The van der Waals surface area contributed by atoms with Crippen LogP contribution in [0.5, 0.6) is 17.2 Å². The molecule has 0 amide bonds. The Kier molecular flexibility index (Phi) is 3.96. The van der Waals surface area contributed by atoms with Crippen molar-refractivity contribution in [2.45, 2.75) is 13.0 Å². The third-order valence-electron chi connectivity index (χ3n) is 3.58. The minimum absolute atomic E-state index is 0.146. The normalized spacial score (nSPS) is 12.4. The lowest BCUT2D eigenvalue weighted by atomic mass is 10.3. The van der Waals surface area contributed by atoms with Gasteiger partial charge in [-0.2, -0.15) is 0 Å². The molecule has 2 aromatic rings. The van der Waals surface area contributed by atoms with Crippen LogP contribution in [0.1, 0.15) is 6.42 Å². The van der Waals surface area contributed by atoms with E-state index in [2.05, 4.69) is 0 Å². The van der Waals surface area contributed by atoms with Crippen molar-refractivity contribution in [3.05, 3.63) is 45.1 Å². The number of nitrogen functional groups attached to an aromatic ring is 1. The van der Waals surface area contributed by atoms with Crippen molar-refractivity contribution >= 4 is 5.82 Å². The van der Waals surface area contributed by atoms with Crippen molar-refractivity contribution in [2.24, 2.45) is 7.05 Å². The third-order valence-corrected chi connectivity index (χ3v) is 3.58. The van der Waals surface area contributed by atoms with Gasteiger partial charge in [-0.1, -0.05) is 0 Å². The molecule has 0 atom stereocenters. The summed E-state index contributed by atoms with van der Waals surface area (Å²) in [6.07, 6.45) is 0.507. The van der Waals surface area contributed by atoms with Gasteiger partial charge < -0.3 is 19.9 Å². The summed E-state index contributed by atoms with van der Waals surface area (Å²) >= 11 is 0. The van der Waals surface area contributed by atoms with Gasteiger partial charge in [0.1, 0.15) is 11.6 Å². The van der Waals surface area contributed by atoms with E-state index >= 15 is 0 Å². The summed E-state index contributed by atoms with van der Waals surface area (Å²) in [4.78, 5) is 23.8. The molecule has 3 rings (SSSR count). The minimum atomic E-state index is -0.432. The fourth-order valence-electron chi connectivity index (χ4n) is 2.27. The number of benzene rings is 1. The lowest BCUT2D eigenvalue weighted by Crippen LogP contribution is -2.39. The van der Waals surface area contributed by atoms with Crippen LogP contribution < -0.4 is 31.2 Å². The molecule has 122 valence electrons. The summed E-state index contributed by atoms with van der Waals surface area (Å²) in [6.45, 7) is 0.831. The number of hydrogen-bond donors (Lipinski definition) is 1. The molecule has 1 aromatic heterocycles. The zero-order valence-corrected chi connectivity index (χ0v) is 12.7. The van der Waals surface area contributed by atoms with Crippen molar-refractivity contribution in [1.29, 1.82) is 0 Å². The van der Waals surface area contributed by atoms with Crippen LogP contribution in [0.3, 0.4) is 0 Å². The van der Waals surface area contributed by atoms with Gasteiger partial charge in [0, 0.05) is 25.7 Å². The largest absolute Gasteiger partial charge is 0.493 e. The van der Waals surface area contributed by atoms with Crippen LogP contribution in [0.15, 0.2) is 33.9 Å². The number of rotatable bonds is 5. The summed E-state index contributed by atoms with van der Waals surface area (Å²) in [7, 11) is 1.52. The Hall–Kier alpha value is -2.90. The highest BCUT2D eigenvalue weighted by Crippen LogP contribution is 2.35. The molecule has 0 aliphatic carbocycles. The second kappa shape index (κ2) is 6.07. The topological polar surface area (TPSA) is 97.7 Å². The Morgan fingerprint density at radius 1 is 1.22 bits per heavy atom. The first kappa shape index (κ1) is 15.0. The molecular formula is C15H17N3O5. The fourth-order valence-corrected chi connectivity index (χ4v) is 2.27. The average Bonchev–Trinajstić information content (AvgIpc) is 2.99. The van der Waals surface area contributed by atoms with Crippen LogP contribution in [-0.2, 0) is 13.6 Å². The Morgan fingerprint density at radius 2 is 2.00 bits per heavy atom. The molecule has 2 heterocycles. The predicted molar refractivity (Wildman–Crippen MR) is 83.0 cm³/mol. The van der Waals surface area contributed by atoms with Gasteiger partial charge in [-0.3, -0.25) is 13.9 Å². The van der Waals surface area contributed by atoms with Crippen LogP contribution in [0, 0.1) is 0 Å². The predicted octanol–water partition coefficient (Wildman–Crippen LogP) is 0.327. The van der Waals surface area contributed by atoms with Crippen LogP contribution >= 0.6 is 0 Å². The van der Waals surface area contributed by atoms with E-state index in [0.29, 0.717) is 30.3 Å². The van der Waals surface area contributed by atoms with Gasteiger partial charge in [0.05, 0.1) is 6.61 Å². The molecule has 0 unspecified atom stereocenters. The lowest BCUT2D eigenvalue weighted by Gasteiger charge is -2.10. The van der Waals surface area contributed by atoms with Crippen molar-refractivity contribution in [1.82, 2.24) is 9.13 Å². The second-order valence-corrected chi connectivity index (χ2v) is 5.12. The summed E-state index contributed by atoms with van der Waals surface area (Å²) in [5.41, 5.74) is 4.73. The number of hydrogen-bond acceptors (Lipinski definition) is 6. The molecule has 8 nitrogen and oxygen atoms in total. The first-order valence-corrected chi connectivity index (χ1v) is 7.15. The SMILES string of the molecule is Cn1c(N)cc(=O)n(CCCOc2ccc3c(c2)OCO3)c1=O. The standard InChI is InChI=1S/C15H17N3O5/c1-17-13(16)8-14(19)18(15(17)20)5-2-6-21-10-3-4-11-12(7-10)23-9-22-11/h3-4,7-8H,2,5-6,9,16H2,1H3. The summed E-state index contributed by atoms with van der Waals surface area (Å²) in [5, 5.41) is 0. The van der Waals surface area contributed by atoms with Gasteiger partial charge in [0.15, 0.2) is 11.5 Å². The summed E-state index contributed by atoms with van der Waals surface area (Å²) in [5.74, 6) is 2.13. The van der Waals surface area contributed by atoms with Gasteiger partial charge in [-0.05, 0) is 18.6 Å². The Balaban J connectivity index is 1.59. The van der Waals surface area contributed by atoms with E-state index in [4.69, 9.17) is 19.9 Å². The molecule has 23 heavy (non-hydrogen) atoms. The molecule has 0 spiro atoms. The highest BCUT2D eigenvalue weighted by atomic mass is 16.7. The molecule has 1 aromatic carbocycles. The number of nitrogens with two attached hydrogens (primary N) is 1. The van der Waals surface area contributed by atoms with E-state index < -0.39 is 11.2 Å². The van der Waals surface area contributed by atoms with Gasteiger partial charge in [0.2, 0.25) is 6.79 Å². The molecule has 1 aliphatic heterocycles. The first-order chi connectivity index (χ1) is 11.1. The Bertz CT molecular complexity index is 840. The third kappa shape index (κ3) is 3.01. The molecule has 0 fully saturated rings. The molecule has 1 aliphatic rings. The quantitative estimate of drug-likeness (QED) is 0.798. The van der Waals surface area contributed by atoms with E-state index in [1.54, 1.807) is 18.2 Å². The van der Waals surface area contributed by atoms with E-state index in [1.807, 2.05) is 0 Å². The molecule has 0 radical (unpaired) electrons. The molecule has 0 saturated heterocycles. The maximum absolute atomic E-state index is 12.0. The van der Waals surface area contributed by atoms with E-state index in [-0.39, 0.29) is 19.2 Å². The van der Waals surface area contributed by atoms with Gasteiger partial charge in [0.25, 0.3) is 5.56 Å². The highest BCUT2D eigenvalue weighted by molar-refractivity contribution is 5.46. The average molecular weight is 319 g/mol. The van der Waals surface area contributed by atoms with Crippen molar-refractivity contribution < 1.29 is 14.2 Å². The highest BCUT2D eigenvalue weighted by Gasteiger charge is 2.13. The van der Waals surface area contributed by atoms with Crippen LogP contribution in [0.25, 0.3) is 0 Å². The molecule has 0 saturated carbocycles. The van der Waals surface area contributed by atoms with Crippen LogP contribution in [-0.4, -0.2) is 22.5 Å². The van der Waals surface area contributed by atoms with E-state index in [1.165, 1.54) is 17.7 Å². The minimum Gasteiger partial charge on any atom is -0.493 e. The summed E-state index contributed by atoms with van der Waals surface area (Å²) < 4.78 is 18.5. The van der Waals surface area contributed by atoms with Crippen molar-refractivity contribution in [3.8, 4) is 17.2 Å². The maximum atomic E-state index is 12.0. The molecule has 8 heteroatoms. The number of anilines is 1. The van der Waals surface area contributed by atoms with Gasteiger partial charge in [-0.25, -0.2) is 4.79 Å². The number of fused-ring (bicyclic) bond motifs is 1. The van der Waals surface area contributed by atoms with Crippen molar-refractivity contribution in [3.63, 3.8) is 0 Å². The van der Waals surface area contributed by atoms with E-state index in [0.717, 1.165) is 4.57 Å². The van der Waals surface area contributed by atoms with Gasteiger partial charge >= 0.3 is 5.69 Å². The maximum Gasteiger partial charge on any atom is 0.332 e. The monoisotopic (exact) mass is 319 g/mol. The molecular weight excluding hydrogens is 302 g/mol. The van der Waals surface area contributed by atoms with Crippen molar-refractivity contribution in [2.75, 3.05) is 19.1 Å². The zero-order valence-electron chi connectivity index (χ0n) is 12.7. The lowest BCUT2D eigenvalue weighted by molar-refractivity contribution is 0.173.